The molecule has 33 heavy (non-hydrogen) atoms. The smallest absolute Gasteiger partial charge is 0.266 e. The van der Waals surface area contributed by atoms with Crippen LogP contribution in [0.15, 0.2) is 70.6 Å². The minimum absolute atomic E-state index is 0.0669. The van der Waals surface area contributed by atoms with Gasteiger partial charge in [-0.3, -0.25) is 14.2 Å². The van der Waals surface area contributed by atoms with Crippen molar-refractivity contribution < 1.29 is 13.6 Å². The maximum Gasteiger partial charge on any atom is 0.266 e. The third-order valence-corrected chi connectivity index (χ3v) is 5.85. The van der Waals surface area contributed by atoms with E-state index in [1.165, 1.54) is 18.2 Å². The molecule has 3 aromatic carbocycles. The summed E-state index contributed by atoms with van der Waals surface area (Å²) in [5.74, 6) is -2.32. The van der Waals surface area contributed by atoms with Crippen LogP contribution >= 0.6 is 23.4 Å². The number of carbonyl (C=O) groups is 1. The lowest BCUT2D eigenvalue weighted by Gasteiger charge is -2.14. The van der Waals surface area contributed by atoms with E-state index in [4.69, 9.17) is 16.9 Å². The van der Waals surface area contributed by atoms with Gasteiger partial charge in [0.25, 0.3) is 5.56 Å². The fourth-order valence-electron chi connectivity index (χ4n) is 3.09. The quantitative estimate of drug-likeness (QED) is 0.322. The summed E-state index contributed by atoms with van der Waals surface area (Å²) in [7, 11) is 0. The van der Waals surface area contributed by atoms with Crippen molar-refractivity contribution in [2.24, 2.45) is 0 Å². The summed E-state index contributed by atoms with van der Waals surface area (Å²) in [6, 6.07) is 15.8. The van der Waals surface area contributed by atoms with E-state index in [2.05, 4.69) is 10.3 Å². The number of halogens is 3. The second kappa shape index (κ2) is 9.40. The number of nitriles is 1. The van der Waals surface area contributed by atoms with Gasteiger partial charge < -0.3 is 5.32 Å². The summed E-state index contributed by atoms with van der Waals surface area (Å²) < 4.78 is 29.0. The molecule has 10 heteroatoms. The average Bonchev–Trinajstić information content (AvgIpc) is 2.79. The molecule has 4 rings (SSSR count). The zero-order valence-corrected chi connectivity index (χ0v) is 18.3. The summed E-state index contributed by atoms with van der Waals surface area (Å²) in [5, 5.41) is 12.1. The predicted octanol–water partition coefficient (Wildman–Crippen LogP) is 4.92. The lowest BCUT2D eigenvalue weighted by atomic mass is 10.2. The minimum atomic E-state index is -0.937. The second-order valence-corrected chi connectivity index (χ2v) is 8.14. The van der Waals surface area contributed by atoms with Crippen molar-refractivity contribution in [3.63, 3.8) is 0 Å². The fourth-order valence-corrected chi connectivity index (χ4v) is 4.12. The van der Waals surface area contributed by atoms with Crippen LogP contribution in [-0.4, -0.2) is 21.2 Å². The van der Waals surface area contributed by atoms with Crippen molar-refractivity contribution in [2.75, 3.05) is 11.1 Å². The standard InChI is InChI=1S/C23H13ClF2N4O2S/c24-17-10-15(7-5-13(17)11-27)28-21(31)12-33-23-29-19-4-2-1-3-16(19)22(32)30(23)20-8-6-14(25)9-18(20)26/h1-10H,12H2,(H,28,31). The number of hydrogen-bond acceptors (Lipinski definition) is 5. The zero-order valence-electron chi connectivity index (χ0n) is 16.7. The topological polar surface area (TPSA) is 87.8 Å². The number of benzene rings is 3. The minimum Gasteiger partial charge on any atom is -0.325 e. The molecule has 1 heterocycles. The molecule has 0 aliphatic rings. The number of hydrogen-bond donors (Lipinski definition) is 1. The van der Waals surface area contributed by atoms with Crippen molar-refractivity contribution in [2.45, 2.75) is 5.16 Å². The molecule has 1 N–H and O–H groups in total. The van der Waals surface area contributed by atoms with E-state index < -0.39 is 23.1 Å². The summed E-state index contributed by atoms with van der Waals surface area (Å²) in [5.41, 5.74) is 0.310. The van der Waals surface area contributed by atoms with Crippen LogP contribution in [0.2, 0.25) is 5.02 Å². The SMILES string of the molecule is N#Cc1ccc(NC(=O)CSc2nc3ccccc3c(=O)n2-c2ccc(F)cc2F)cc1Cl. The van der Waals surface area contributed by atoms with Crippen LogP contribution in [0.5, 0.6) is 0 Å². The molecule has 0 fully saturated rings. The number of thioether (sulfide) groups is 1. The van der Waals surface area contributed by atoms with E-state index in [1.807, 2.05) is 6.07 Å². The average molecular weight is 483 g/mol. The van der Waals surface area contributed by atoms with Gasteiger partial charge in [-0.15, -0.1) is 0 Å². The van der Waals surface area contributed by atoms with E-state index in [1.54, 1.807) is 24.3 Å². The third kappa shape index (κ3) is 4.72. The molecule has 4 aromatic rings. The molecule has 0 aliphatic carbocycles. The highest BCUT2D eigenvalue weighted by atomic mass is 35.5. The molecule has 0 unspecified atom stereocenters. The van der Waals surface area contributed by atoms with E-state index in [9.17, 15) is 18.4 Å². The van der Waals surface area contributed by atoms with Crippen molar-refractivity contribution in [1.82, 2.24) is 9.55 Å². The summed E-state index contributed by atoms with van der Waals surface area (Å²) in [4.78, 5) is 30.0. The number of nitrogens with zero attached hydrogens (tertiary/aromatic N) is 3. The maximum absolute atomic E-state index is 14.5. The van der Waals surface area contributed by atoms with Gasteiger partial charge >= 0.3 is 0 Å². The van der Waals surface area contributed by atoms with Crippen molar-refractivity contribution in [3.8, 4) is 11.8 Å². The first-order valence-corrected chi connectivity index (χ1v) is 10.8. The molecule has 1 aromatic heterocycles. The fraction of sp³-hybridized carbons (Fsp3) is 0.0435. The van der Waals surface area contributed by atoms with Gasteiger partial charge in [0, 0.05) is 11.8 Å². The van der Waals surface area contributed by atoms with E-state index in [0.717, 1.165) is 28.5 Å². The number of amides is 1. The Labute approximate surface area is 195 Å². The van der Waals surface area contributed by atoms with Gasteiger partial charge in [0.1, 0.15) is 17.7 Å². The molecule has 0 bridgehead atoms. The van der Waals surface area contributed by atoms with Crippen LogP contribution in [-0.2, 0) is 4.79 Å². The monoisotopic (exact) mass is 482 g/mol. The molecular formula is C23H13ClF2N4O2S. The largest absolute Gasteiger partial charge is 0.325 e. The van der Waals surface area contributed by atoms with Gasteiger partial charge in [-0.2, -0.15) is 5.26 Å². The Balaban J connectivity index is 1.67. The molecule has 1 amide bonds. The number of fused-ring (bicyclic) bond motifs is 1. The number of para-hydroxylation sites is 1. The van der Waals surface area contributed by atoms with Crippen LogP contribution < -0.4 is 10.9 Å². The van der Waals surface area contributed by atoms with Gasteiger partial charge in [0.15, 0.2) is 5.16 Å². The predicted molar refractivity (Wildman–Crippen MR) is 123 cm³/mol. The number of nitrogens with one attached hydrogen (secondary N) is 1. The number of aromatic nitrogens is 2. The Morgan fingerprint density at radius 3 is 2.67 bits per heavy atom. The van der Waals surface area contributed by atoms with Gasteiger partial charge in [-0.25, -0.2) is 13.8 Å². The second-order valence-electron chi connectivity index (χ2n) is 6.79. The summed E-state index contributed by atoms with van der Waals surface area (Å²) in [6.45, 7) is 0. The Bertz CT molecular complexity index is 1500. The number of anilines is 1. The Hall–Kier alpha value is -3.74. The molecular weight excluding hydrogens is 470 g/mol. The molecule has 0 atom stereocenters. The van der Waals surface area contributed by atoms with Crippen molar-refractivity contribution in [1.29, 1.82) is 5.26 Å². The number of carbonyl (C=O) groups excluding carboxylic acids is 1. The summed E-state index contributed by atoms with van der Waals surface area (Å²) >= 11 is 6.90. The summed E-state index contributed by atoms with van der Waals surface area (Å²) in [6.07, 6.45) is 0. The van der Waals surface area contributed by atoms with Gasteiger partial charge in [0.2, 0.25) is 5.91 Å². The Morgan fingerprint density at radius 2 is 1.94 bits per heavy atom. The van der Waals surface area contributed by atoms with Gasteiger partial charge in [-0.05, 0) is 42.5 Å². The first-order valence-electron chi connectivity index (χ1n) is 9.47. The lowest BCUT2D eigenvalue weighted by Crippen LogP contribution is -2.23. The van der Waals surface area contributed by atoms with E-state index in [0.29, 0.717) is 17.3 Å². The van der Waals surface area contributed by atoms with Crippen molar-refractivity contribution in [3.05, 3.63) is 93.2 Å². The lowest BCUT2D eigenvalue weighted by molar-refractivity contribution is -0.113. The molecule has 0 radical (unpaired) electrons. The van der Waals surface area contributed by atoms with Crippen molar-refractivity contribution >= 4 is 45.9 Å². The highest BCUT2D eigenvalue weighted by Crippen LogP contribution is 2.24. The first-order chi connectivity index (χ1) is 15.9. The van der Waals surface area contributed by atoms with E-state index in [-0.39, 0.29) is 32.6 Å². The highest BCUT2D eigenvalue weighted by Gasteiger charge is 2.18. The molecule has 164 valence electrons. The van der Waals surface area contributed by atoms with Crippen LogP contribution in [0.4, 0.5) is 14.5 Å². The maximum atomic E-state index is 14.5. The van der Waals surface area contributed by atoms with E-state index >= 15 is 0 Å². The molecule has 0 aliphatic heterocycles. The third-order valence-electron chi connectivity index (χ3n) is 4.60. The number of rotatable bonds is 5. The molecule has 0 spiro atoms. The Kier molecular flexibility index (Phi) is 6.40. The zero-order chi connectivity index (χ0) is 23.5. The van der Waals surface area contributed by atoms with Crippen LogP contribution in [0, 0.1) is 23.0 Å². The highest BCUT2D eigenvalue weighted by molar-refractivity contribution is 7.99. The molecule has 6 nitrogen and oxygen atoms in total. The molecule has 0 saturated carbocycles. The normalized spacial score (nSPS) is 10.7. The van der Waals surface area contributed by atoms with Crippen LogP contribution in [0.3, 0.4) is 0 Å². The Morgan fingerprint density at radius 1 is 1.15 bits per heavy atom. The van der Waals surface area contributed by atoms with Crippen LogP contribution in [0.1, 0.15) is 5.56 Å². The van der Waals surface area contributed by atoms with Gasteiger partial charge in [-0.1, -0.05) is 35.5 Å². The van der Waals surface area contributed by atoms with Crippen LogP contribution in [0.25, 0.3) is 16.6 Å². The molecule has 0 saturated heterocycles. The first kappa shape index (κ1) is 22.5. The van der Waals surface area contributed by atoms with Gasteiger partial charge in [0.05, 0.1) is 32.9 Å².